The Morgan fingerprint density at radius 1 is 0.303 bits per heavy atom. The summed E-state index contributed by atoms with van der Waals surface area (Å²) >= 11 is 0. The standard InChI is InChI=1S/C61H43N5/c1-38-14-12-16-41(32-38)53-37-54(63-61(62-53)42-17-13-15-39(2)33-42)46-29-26-43(34-40(46)3)64-59-30-27-44(65-55-22-8-4-18-47(55)48-19-5-9-23-56(48)65)35-51(59)52-36-45(28-31-60(52)64)66-57-24-10-6-20-49(57)50-21-7-11-25-58(50)66/h4-37H,1-3H3. The number of nitrogens with zero attached hydrogens (tertiary/aromatic N) is 5. The highest BCUT2D eigenvalue weighted by Gasteiger charge is 2.20. The fourth-order valence-electron chi connectivity index (χ4n) is 10.5. The van der Waals surface area contributed by atoms with Crippen LogP contribution < -0.4 is 0 Å². The third-order valence-corrected chi connectivity index (χ3v) is 13.5. The summed E-state index contributed by atoms with van der Waals surface area (Å²) in [5, 5.41) is 7.38. The lowest BCUT2D eigenvalue weighted by molar-refractivity contribution is 1.15. The molecular formula is C61H43N5. The zero-order valence-electron chi connectivity index (χ0n) is 36.9. The van der Waals surface area contributed by atoms with Gasteiger partial charge in [0.1, 0.15) is 0 Å². The van der Waals surface area contributed by atoms with E-state index >= 15 is 0 Å². The first kappa shape index (κ1) is 38.0. The van der Waals surface area contributed by atoms with Gasteiger partial charge in [-0.25, -0.2) is 9.97 Å². The average Bonchev–Trinajstić information content (AvgIpc) is 3.99. The molecule has 0 N–H and O–H groups in total. The van der Waals surface area contributed by atoms with Crippen molar-refractivity contribution in [1.82, 2.24) is 23.7 Å². The molecule has 66 heavy (non-hydrogen) atoms. The third-order valence-electron chi connectivity index (χ3n) is 13.5. The van der Waals surface area contributed by atoms with Crippen molar-refractivity contribution in [2.75, 3.05) is 0 Å². The van der Waals surface area contributed by atoms with Crippen LogP contribution >= 0.6 is 0 Å². The normalized spacial score (nSPS) is 11.9. The van der Waals surface area contributed by atoms with Gasteiger partial charge in [0, 0.05) is 66.1 Å². The predicted octanol–water partition coefficient (Wildman–Crippen LogP) is 15.7. The van der Waals surface area contributed by atoms with Gasteiger partial charge in [-0.15, -0.1) is 0 Å². The van der Waals surface area contributed by atoms with Gasteiger partial charge in [-0.2, -0.15) is 0 Å². The van der Waals surface area contributed by atoms with Gasteiger partial charge in [0.05, 0.1) is 44.5 Å². The molecule has 4 heterocycles. The van der Waals surface area contributed by atoms with Crippen LogP contribution in [0.4, 0.5) is 0 Å². The highest BCUT2D eigenvalue weighted by Crippen LogP contribution is 2.40. The molecule has 0 amide bonds. The molecule has 0 fully saturated rings. The minimum absolute atomic E-state index is 0.719. The van der Waals surface area contributed by atoms with Crippen LogP contribution in [0.25, 0.3) is 116 Å². The van der Waals surface area contributed by atoms with E-state index < -0.39 is 0 Å². The molecule has 5 nitrogen and oxygen atoms in total. The summed E-state index contributed by atoms with van der Waals surface area (Å²) in [6.45, 7) is 6.44. The van der Waals surface area contributed by atoms with Gasteiger partial charge < -0.3 is 13.7 Å². The maximum atomic E-state index is 5.25. The van der Waals surface area contributed by atoms with Gasteiger partial charge in [0.25, 0.3) is 0 Å². The number of fused-ring (bicyclic) bond motifs is 9. The van der Waals surface area contributed by atoms with E-state index in [4.69, 9.17) is 9.97 Å². The van der Waals surface area contributed by atoms with E-state index in [0.717, 1.165) is 67.6 Å². The lowest BCUT2D eigenvalue weighted by Gasteiger charge is -2.14. The topological polar surface area (TPSA) is 40.6 Å². The van der Waals surface area contributed by atoms with Gasteiger partial charge in [-0.05, 0) is 117 Å². The SMILES string of the molecule is Cc1cccc(-c2cc(-c3ccc(-n4c5ccc(-n6c7ccccc7c7ccccc76)cc5c5cc(-n6c7ccccc7c7ccccc76)ccc54)cc3C)nc(-c3cccc(C)c3)n2)c1. The first-order valence-electron chi connectivity index (χ1n) is 22.7. The summed E-state index contributed by atoms with van der Waals surface area (Å²) in [5.41, 5.74) is 18.9. The van der Waals surface area contributed by atoms with Crippen LogP contribution in [0.1, 0.15) is 16.7 Å². The molecule has 5 heteroatoms. The molecule has 0 radical (unpaired) electrons. The number of aromatic nitrogens is 5. The second-order valence-electron chi connectivity index (χ2n) is 17.7. The first-order valence-corrected chi connectivity index (χ1v) is 22.7. The first-order chi connectivity index (χ1) is 32.4. The minimum Gasteiger partial charge on any atom is -0.309 e. The summed E-state index contributed by atoms with van der Waals surface area (Å²) in [5.74, 6) is 0.719. The Labute approximate surface area is 382 Å². The van der Waals surface area contributed by atoms with Crippen molar-refractivity contribution < 1.29 is 0 Å². The molecule has 0 saturated heterocycles. The van der Waals surface area contributed by atoms with Gasteiger partial charge in [-0.1, -0.05) is 126 Å². The lowest BCUT2D eigenvalue weighted by atomic mass is 10.0. The van der Waals surface area contributed by atoms with Gasteiger partial charge in [-0.3, -0.25) is 0 Å². The number of hydrogen-bond acceptors (Lipinski definition) is 2. The Bertz CT molecular complexity index is 3760. The van der Waals surface area contributed by atoms with Crippen LogP contribution in [0.15, 0.2) is 206 Å². The van der Waals surface area contributed by atoms with Crippen molar-refractivity contribution >= 4 is 65.4 Å². The molecule has 13 aromatic rings. The number of benzene rings is 9. The van der Waals surface area contributed by atoms with E-state index in [9.17, 15) is 0 Å². The maximum absolute atomic E-state index is 5.25. The van der Waals surface area contributed by atoms with Crippen molar-refractivity contribution in [2.24, 2.45) is 0 Å². The van der Waals surface area contributed by atoms with Crippen LogP contribution in [0, 0.1) is 20.8 Å². The van der Waals surface area contributed by atoms with E-state index in [2.05, 4.69) is 241 Å². The van der Waals surface area contributed by atoms with Gasteiger partial charge in [0.2, 0.25) is 0 Å². The number of aryl methyl sites for hydroxylation is 3. The molecule has 0 saturated carbocycles. The summed E-state index contributed by atoms with van der Waals surface area (Å²) < 4.78 is 7.27. The molecule has 0 aliphatic carbocycles. The Kier molecular flexibility index (Phi) is 8.49. The van der Waals surface area contributed by atoms with Gasteiger partial charge in [0.15, 0.2) is 5.82 Å². The van der Waals surface area contributed by atoms with Crippen molar-refractivity contribution in [3.05, 3.63) is 223 Å². The predicted molar refractivity (Wildman–Crippen MR) is 276 cm³/mol. The van der Waals surface area contributed by atoms with Crippen molar-refractivity contribution in [3.63, 3.8) is 0 Å². The van der Waals surface area contributed by atoms with Crippen LogP contribution in [0.2, 0.25) is 0 Å². The van der Waals surface area contributed by atoms with E-state index in [1.54, 1.807) is 0 Å². The number of hydrogen-bond donors (Lipinski definition) is 0. The molecule has 4 aromatic heterocycles. The fraction of sp³-hybridized carbons (Fsp3) is 0.0492. The number of para-hydroxylation sites is 4. The molecule has 0 spiro atoms. The molecule has 0 unspecified atom stereocenters. The zero-order chi connectivity index (χ0) is 44.0. The molecule has 0 aliphatic rings. The van der Waals surface area contributed by atoms with E-state index in [-0.39, 0.29) is 0 Å². The molecular weight excluding hydrogens is 803 g/mol. The van der Waals surface area contributed by atoms with E-state index in [1.807, 2.05) is 0 Å². The molecule has 312 valence electrons. The molecule has 0 aliphatic heterocycles. The second kappa shape index (κ2) is 14.8. The molecule has 9 aromatic carbocycles. The van der Waals surface area contributed by atoms with E-state index in [0.29, 0.717) is 0 Å². The zero-order valence-corrected chi connectivity index (χ0v) is 36.9. The van der Waals surface area contributed by atoms with Crippen molar-refractivity contribution in [1.29, 1.82) is 0 Å². The van der Waals surface area contributed by atoms with Crippen molar-refractivity contribution in [3.8, 4) is 51.0 Å². The quantitative estimate of drug-likeness (QED) is 0.167. The molecule has 13 rings (SSSR count). The monoisotopic (exact) mass is 845 g/mol. The van der Waals surface area contributed by atoms with Crippen LogP contribution in [0.3, 0.4) is 0 Å². The van der Waals surface area contributed by atoms with E-state index in [1.165, 1.54) is 65.5 Å². The molecule has 0 atom stereocenters. The Morgan fingerprint density at radius 3 is 1.20 bits per heavy atom. The Morgan fingerprint density at radius 2 is 0.712 bits per heavy atom. The fourth-order valence-corrected chi connectivity index (χ4v) is 10.5. The Balaban J connectivity index is 1.03. The maximum Gasteiger partial charge on any atom is 0.160 e. The minimum atomic E-state index is 0.719. The van der Waals surface area contributed by atoms with Crippen LogP contribution in [-0.2, 0) is 0 Å². The molecule has 0 bridgehead atoms. The average molecular weight is 846 g/mol. The largest absolute Gasteiger partial charge is 0.309 e. The second-order valence-corrected chi connectivity index (χ2v) is 17.7. The number of rotatable bonds is 6. The summed E-state index contributed by atoms with van der Waals surface area (Å²) in [6, 6.07) is 74.9. The summed E-state index contributed by atoms with van der Waals surface area (Å²) in [4.78, 5) is 10.4. The third kappa shape index (κ3) is 5.94. The summed E-state index contributed by atoms with van der Waals surface area (Å²) in [7, 11) is 0. The highest BCUT2D eigenvalue weighted by molar-refractivity contribution is 6.14. The lowest BCUT2D eigenvalue weighted by Crippen LogP contribution is -1.99. The Hall–Kier alpha value is -8.54. The van der Waals surface area contributed by atoms with Crippen LogP contribution in [0.5, 0.6) is 0 Å². The van der Waals surface area contributed by atoms with Crippen molar-refractivity contribution in [2.45, 2.75) is 20.8 Å². The smallest absolute Gasteiger partial charge is 0.160 e. The van der Waals surface area contributed by atoms with Crippen LogP contribution in [-0.4, -0.2) is 23.7 Å². The highest BCUT2D eigenvalue weighted by atomic mass is 15.0. The van der Waals surface area contributed by atoms with Gasteiger partial charge >= 0.3 is 0 Å². The summed E-state index contributed by atoms with van der Waals surface area (Å²) in [6.07, 6.45) is 0.